The molecule has 0 saturated heterocycles. The van der Waals surface area contributed by atoms with E-state index in [9.17, 15) is 4.79 Å². The zero-order valence-electron chi connectivity index (χ0n) is 10.1. The van der Waals surface area contributed by atoms with Gasteiger partial charge in [0.15, 0.2) is 10.9 Å². The number of ketones is 1. The first-order chi connectivity index (χ1) is 8.02. The summed E-state index contributed by atoms with van der Waals surface area (Å²) in [6, 6.07) is 7.79. The first-order valence-electron chi connectivity index (χ1n) is 5.35. The zero-order chi connectivity index (χ0) is 12.6. The monoisotopic (exact) mass is 246 g/mol. The molecule has 0 aliphatic heterocycles. The van der Waals surface area contributed by atoms with Crippen LogP contribution in [-0.2, 0) is 0 Å². The van der Waals surface area contributed by atoms with Gasteiger partial charge in [0.1, 0.15) is 0 Å². The van der Waals surface area contributed by atoms with Crippen LogP contribution in [-0.4, -0.2) is 34.5 Å². The highest BCUT2D eigenvalue weighted by Gasteiger charge is 2.14. The second kappa shape index (κ2) is 4.30. The Hall–Kier alpha value is -1.68. The number of carbonyl (C=O) groups excluding carboxylic acids is 1. The standard InChI is InChI=1S/C13H14N2OS/c1-9(16)11-8-15(13(17)14(2)3)12-7-5-4-6-10(11)12/h4-8H,1-3H3. The molecule has 0 bridgehead atoms. The third kappa shape index (κ3) is 1.96. The number of Topliss-reactive ketones (excluding diaryl/α,β-unsaturated/α-hetero) is 1. The Balaban J connectivity index is 2.73. The van der Waals surface area contributed by atoms with Gasteiger partial charge in [0.25, 0.3) is 0 Å². The van der Waals surface area contributed by atoms with Crippen LogP contribution in [0, 0.1) is 0 Å². The summed E-state index contributed by atoms with van der Waals surface area (Å²) in [6.45, 7) is 1.57. The molecule has 4 heteroatoms. The minimum Gasteiger partial charge on any atom is -0.355 e. The van der Waals surface area contributed by atoms with E-state index in [1.54, 1.807) is 6.92 Å². The summed E-state index contributed by atoms with van der Waals surface area (Å²) >= 11 is 5.35. The molecule has 0 radical (unpaired) electrons. The van der Waals surface area contributed by atoms with E-state index in [0.717, 1.165) is 10.9 Å². The maximum absolute atomic E-state index is 11.6. The normalized spacial score (nSPS) is 10.5. The Morgan fingerprint density at radius 1 is 1.29 bits per heavy atom. The van der Waals surface area contributed by atoms with Crippen molar-refractivity contribution in [3.63, 3.8) is 0 Å². The van der Waals surface area contributed by atoms with E-state index in [2.05, 4.69) is 0 Å². The molecule has 0 unspecified atom stereocenters. The summed E-state index contributed by atoms with van der Waals surface area (Å²) in [4.78, 5) is 13.4. The van der Waals surface area contributed by atoms with Gasteiger partial charge in [-0.1, -0.05) is 18.2 Å². The Kier molecular flexibility index (Phi) is 2.98. The quantitative estimate of drug-likeness (QED) is 0.571. The Morgan fingerprint density at radius 2 is 1.94 bits per heavy atom. The second-order valence-corrected chi connectivity index (χ2v) is 4.53. The summed E-state index contributed by atoms with van der Waals surface area (Å²) in [5.41, 5.74) is 1.68. The zero-order valence-corrected chi connectivity index (χ0v) is 10.9. The number of fused-ring (bicyclic) bond motifs is 1. The molecule has 3 nitrogen and oxygen atoms in total. The molecule has 88 valence electrons. The van der Waals surface area contributed by atoms with E-state index in [1.807, 2.05) is 54.0 Å². The first kappa shape index (κ1) is 11.8. The van der Waals surface area contributed by atoms with Crippen LogP contribution in [0.1, 0.15) is 17.3 Å². The van der Waals surface area contributed by atoms with Crippen molar-refractivity contribution >= 4 is 34.0 Å². The third-order valence-electron chi connectivity index (χ3n) is 2.68. The topological polar surface area (TPSA) is 25.2 Å². The molecule has 0 N–H and O–H groups in total. The van der Waals surface area contributed by atoms with Crippen LogP contribution in [0.2, 0.25) is 0 Å². The molecule has 0 aliphatic rings. The molecule has 1 aromatic carbocycles. The first-order valence-corrected chi connectivity index (χ1v) is 5.76. The van der Waals surface area contributed by atoms with Gasteiger partial charge in [-0.25, -0.2) is 0 Å². The second-order valence-electron chi connectivity index (χ2n) is 4.16. The average molecular weight is 246 g/mol. The van der Waals surface area contributed by atoms with Gasteiger partial charge in [-0.15, -0.1) is 0 Å². The van der Waals surface area contributed by atoms with E-state index in [0.29, 0.717) is 10.7 Å². The highest BCUT2D eigenvalue weighted by molar-refractivity contribution is 7.80. The molecule has 1 heterocycles. The smallest absolute Gasteiger partial charge is 0.179 e. The number of para-hydroxylation sites is 1. The van der Waals surface area contributed by atoms with Crippen LogP contribution < -0.4 is 0 Å². The molecule has 0 spiro atoms. The van der Waals surface area contributed by atoms with E-state index < -0.39 is 0 Å². The summed E-state index contributed by atoms with van der Waals surface area (Å²) in [7, 11) is 3.79. The number of carbonyl (C=O) groups is 1. The molecular weight excluding hydrogens is 232 g/mol. The predicted octanol–water partition coefficient (Wildman–Crippen LogP) is 2.54. The van der Waals surface area contributed by atoms with Gasteiger partial charge in [-0.05, 0) is 25.2 Å². The fraction of sp³-hybridized carbons (Fsp3) is 0.231. The summed E-state index contributed by atoms with van der Waals surface area (Å²) in [5.74, 6) is 0.0570. The van der Waals surface area contributed by atoms with Crippen molar-refractivity contribution in [3.8, 4) is 0 Å². The molecule has 0 saturated carbocycles. The van der Waals surface area contributed by atoms with Gasteiger partial charge in [-0.3, -0.25) is 9.36 Å². The number of nitrogens with zero attached hydrogens (tertiary/aromatic N) is 2. The number of hydrogen-bond acceptors (Lipinski definition) is 2. The average Bonchev–Trinajstić information content (AvgIpc) is 2.67. The number of benzene rings is 1. The lowest BCUT2D eigenvalue weighted by Gasteiger charge is -2.15. The molecule has 2 rings (SSSR count). The fourth-order valence-corrected chi connectivity index (χ4v) is 1.98. The van der Waals surface area contributed by atoms with Crippen LogP contribution in [0.15, 0.2) is 30.5 Å². The largest absolute Gasteiger partial charge is 0.355 e. The van der Waals surface area contributed by atoms with Crippen molar-refractivity contribution in [1.29, 1.82) is 0 Å². The summed E-state index contributed by atoms with van der Waals surface area (Å²) < 4.78 is 1.88. The molecule has 0 amide bonds. The Bertz CT molecular complexity index is 598. The predicted molar refractivity (Wildman–Crippen MR) is 73.6 cm³/mol. The van der Waals surface area contributed by atoms with Crippen molar-refractivity contribution in [2.24, 2.45) is 0 Å². The van der Waals surface area contributed by atoms with Crippen molar-refractivity contribution < 1.29 is 4.79 Å². The molecule has 1 aromatic heterocycles. The highest BCUT2D eigenvalue weighted by Crippen LogP contribution is 2.22. The van der Waals surface area contributed by atoms with Crippen molar-refractivity contribution in [1.82, 2.24) is 9.47 Å². The number of rotatable bonds is 1. The highest BCUT2D eigenvalue weighted by atomic mass is 32.1. The van der Waals surface area contributed by atoms with Gasteiger partial charge < -0.3 is 4.90 Å². The van der Waals surface area contributed by atoms with Gasteiger partial charge in [0, 0.05) is 31.2 Å². The lowest BCUT2D eigenvalue weighted by molar-refractivity contribution is 0.101. The minimum atomic E-state index is 0.0570. The Labute approximate surface area is 106 Å². The molecule has 0 atom stereocenters. The molecule has 2 aromatic rings. The van der Waals surface area contributed by atoms with Gasteiger partial charge >= 0.3 is 0 Å². The van der Waals surface area contributed by atoms with E-state index in [1.165, 1.54) is 0 Å². The van der Waals surface area contributed by atoms with Crippen molar-refractivity contribution in [3.05, 3.63) is 36.0 Å². The SMILES string of the molecule is CC(=O)c1cn(C(=S)N(C)C)c2ccccc12. The molecular formula is C13H14N2OS. The molecule has 0 fully saturated rings. The maximum atomic E-state index is 11.6. The Morgan fingerprint density at radius 3 is 2.53 bits per heavy atom. The van der Waals surface area contributed by atoms with Gasteiger partial charge in [-0.2, -0.15) is 0 Å². The lowest BCUT2D eigenvalue weighted by atomic mass is 10.1. The van der Waals surface area contributed by atoms with Gasteiger partial charge in [0.2, 0.25) is 0 Å². The number of hydrogen-bond donors (Lipinski definition) is 0. The van der Waals surface area contributed by atoms with Crippen LogP contribution in [0.5, 0.6) is 0 Å². The number of aromatic nitrogens is 1. The lowest BCUT2D eigenvalue weighted by Crippen LogP contribution is -2.26. The minimum absolute atomic E-state index is 0.0570. The van der Waals surface area contributed by atoms with Crippen LogP contribution in [0.25, 0.3) is 10.9 Å². The van der Waals surface area contributed by atoms with Crippen molar-refractivity contribution in [2.75, 3.05) is 14.1 Å². The summed E-state index contributed by atoms with van der Waals surface area (Å²) in [5, 5.41) is 1.62. The fourth-order valence-electron chi connectivity index (χ4n) is 1.83. The molecule has 0 aliphatic carbocycles. The number of thiocarbonyl (C=S) groups is 1. The van der Waals surface area contributed by atoms with E-state index in [4.69, 9.17) is 12.2 Å². The summed E-state index contributed by atoms with van der Waals surface area (Å²) in [6.07, 6.45) is 1.81. The van der Waals surface area contributed by atoms with Crippen LogP contribution in [0.3, 0.4) is 0 Å². The van der Waals surface area contributed by atoms with E-state index >= 15 is 0 Å². The maximum Gasteiger partial charge on any atom is 0.179 e. The van der Waals surface area contributed by atoms with Crippen LogP contribution in [0.4, 0.5) is 0 Å². The van der Waals surface area contributed by atoms with Crippen LogP contribution >= 0.6 is 12.2 Å². The molecule has 17 heavy (non-hydrogen) atoms. The third-order valence-corrected chi connectivity index (χ3v) is 3.24. The van der Waals surface area contributed by atoms with Crippen molar-refractivity contribution in [2.45, 2.75) is 6.92 Å². The van der Waals surface area contributed by atoms with E-state index in [-0.39, 0.29) is 5.78 Å². The van der Waals surface area contributed by atoms with Gasteiger partial charge in [0.05, 0.1) is 5.52 Å².